The minimum Gasteiger partial charge on any atom is -0.479 e. The number of carbonyl (C=O) groups is 1. The summed E-state index contributed by atoms with van der Waals surface area (Å²) in [4.78, 5) is 10.4. The highest BCUT2D eigenvalue weighted by molar-refractivity contribution is 5.72. The summed E-state index contributed by atoms with van der Waals surface area (Å²) < 4.78 is 5.24. The molecule has 2 rings (SSSR count). The standard InChI is InChI=1S/C7H11NO3/c9-7(10)5-3-8-6(11-5)4-1-2-4/h4-6,8H,1-3H2,(H,9,10). The summed E-state index contributed by atoms with van der Waals surface area (Å²) >= 11 is 0. The molecule has 0 radical (unpaired) electrons. The second-order valence-electron chi connectivity index (χ2n) is 3.13. The van der Waals surface area contributed by atoms with Gasteiger partial charge in [-0.1, -0.05) is 0 Å². The van der Waals surface area contributed by atoms with Crippen molar-refractivity contribution >= 4 is 5.97 Å². The van der Waals surface area contributed by atoms with Gasteiger partial charge in [0.15, 0.2) is 6.10 Å². The summed E-state index contributed by atoms with van der Waals surface area (Å²) in [6, 6.07) is 0. The average molecular weight is 157 g/mol. The first-order chi connectivity index (χ1) is 5.27. The van der Waals surface area contributed by atoms with E-state index in [1.54, 1.807) is 0 Å². The van der Waals surface area contributed by atoms with Gasteiger partial charge < -0.3 is 9.84 Å². The molecule has 1 saturated heterocycles. The fourth-order valence-electron chi connectivity index (χ4n) is 1.32. The van der Waals surface area contributed by atoms with Crippen molar-refractivity contribution in [2.24, 2.45) is 5.92 Å². The van der Waals surface area contributed by atoms with Crippen LogP contribution in [0.4, 0.5) is 0 Å². The zero-order valence-electron chi connectivity index (χ0n) is 6.12. The van der Waals surface area contributed by atoms with Crippen LogP contribution in [0.1, 0.15) is 12.8 Å². The van der Waals surface area contributed by atoms with Gasteiger partial charge in [0.2, 0.25) is 0 Å². The Hall–Kier alpha value is -0.610. The van der Waals surface area contributed by atoms with Crippen molar-refractivity contribution < 1.29 is 14.6 Å². The van der Waals surface area contributed by atoms with Crippen LogP contribution in [0.15, 0.2) is 0 Å². The van der Waals surface area contributed by atoms with Gasteiger partial charge in [-0.15, -0.1) is 0 Å². The molecule has 1 aliphatic carbocycles. The lowest BCUT2D eigenvalue weighted by Crippen LogP contribution is -2.24. The van der Waals surface area contributed by atoms with Gasteiger partial charge in [-0.25, -0.2) is 4.79 Å². The predicted molar refractivity (Wildman–Crippen MR) is 37.0 cm³/mol. The molecule has 0 aromatic carbocycles. The van der Waals surface area contributed by atoms with Crippen molar-refractivity contribution in [3.8, 4) is 0 Å². The zero-order chi connectivity index (χ0) is 7.84. The molecule has 1 saturated carbocycles. The average Bonchev–Trinajstić information content (AvgIpc) is 2.68. The molecule has 4 heteroatoms. The van der Waals surface area contributed by atoms with Crippen LogP contribution < -0.4 is 5.32 Å². The molecule has 1 heterocycles. The van der Waals surface area contributed by atoms with Crippen molar-refractivity contribution in [1.29, 1.82) is 0 Å². The van der Waals surface area contributed by atoms with Gasteiger partial charge in [0, 0.05) is 6.54 Å². The number of rotatable bonds is 2. The fraction of sp³-hybridized carbons (Fsp3) is 0.857. The molecule has 4 nitrogen and oxygen atoms in total. The monoisotopic (exact) mass is 157 g/mol. The summed E-state index contributed by atoms with van der Waals surface area (Å²) in [6.07, 6.45) is 1.73. The van der Waals surface area contributed by atoms with E-state index in [-0.39, 0.29) is 6.23 Å². The number of carboxylic acid groups (broad SMARTS) is 1. The molecular weight excluding hydrogens is 146 g/mol. The quantitative estimate of drug-likeness (QED) is 0.582. The Bertz CT molecular complexity index is 179. The largest absolute Gasteiger partial charge is 0.479 e. The van der Waals surface area contributed by atoms with Crippen LogP contribution in [0.5, 0.6) is 0 Å². The van der Waals surface area contributed by atoms with E-state index in [1.807, 2.05) is 0 Å². The van der Waals surface area contributed by atoms with Crippen molar-refractivity contribution in [1.82, 2.24) is 5.32 Å². The van der Waals surface area contributed by atoms with Crippen LogP contribution in [0.25, 0.3) is 0 Å². The van der Waals surface area contributed by atoms with Crippen LogP contribution in [0.2, 0.25) is 0 Å². The van der Waals surface area contributed by atoms with Gasteiger partial charge in [0.1, 0.15) is 6.23 Å². The highest BCUT2D eigenvalue weighted by Gasteiger charge is 2.39. The van der Waals surface area contributed by atoms with E-state index in [2.05, 4.69) is 5.32 Å². The second kappa shape index (κ2) is 2.46. The first kappa shape index (κ1) is 7.06. The number of ether oxygens (including phenoxy) is 1. The van der Waals surface area contributed by atoms with Gasteiger partial charge >= 0.3 is 5.97 Å². The third kappa shape index (κ3) is 1.36. The highest BCUT2D eigenvalue weighted by atomic mass is 16.5. The number of hydrogen-bond acceptors (Lipinski definition) is 3. The Labute approximate surface area is 64.5 Å². The maximum Gasteiger partial charge on any atom is 0.334 e. The lowest BCUT2D eigenvalue weighted by atomic mass is 10.4. The molecule has 0 aromatic rings. The Morgan fingerprint density at radius 1 is 1.55 bits per heavy atom. The van der Waals surface area contributed by atoms with Crippen molar-refractivity contribution in [3.63, 3.8) is 0 Å². The van der Waals surface area contributed by atoms with Gasteiger partial charge in [0.25, 0.3) is 0 Å². The number of carboxylic acids is 1. The molecule has 1 aliphatic heterocycles. The fourth-order valence-corrected chi connectivity index (χ4v) is 1.32. The Balaban J connectivity index is 1.87. The molecule has 0 aromatic heterocycles. The smallest absolute Gasteiger partial charge is 0.334 e. The van der Waals surface area contributed by atoms with Crippen molar-refractivity contribution in [3.05, 3.63) is 0 Å². The lowest BCUT2D eigenvalue weighted by Gasteiger charge is -2.07. The Kier molecular flexibility index (Phi) is 1.58. The van der Waals surface area contributed by atoms with E-state index in [1.165, 1.54) is 12.8 Å². The van der Waals surface area contributed by atoms with Crippen molar-refractivity contribution in [2.45, 2.75) is 25.2 Å². The maximum absolute atomic E-state index is 10.4. The minimum atomic E-state index is -0.861. The lowest BCUT2D eigenvalue weighted by molar-refractivity contribution is -0.149. The van der Waals surface area contributed by atoms with E-state index in [9.17, 15) is 4.79 Å². The van der Waals surface area contributed by atoms with Gasteiger partial charge in [0.05, 0.1) is 0 Å². The summed E-state index contributed by atoms with van der Waals surface area (Å²) in [7, 11) is 0. The van der Waals surface area contributed by atoms with Crippen LogP contribution in [-0.2, 0) is 9.53 Å². The number of aliphatic carboxylic acids is 1. The van der Waals surface area contributed by atoms with Gasteiger partial charge in [-0.05, 0) is 18.8 Å². The topological polar surface area (TPSA) is 58.6 Å². The molecule has 2 N–H and O–H groups in total. The second-order valence-corrected chi connectivity index (χ2v) is 3.13. The van der Waals surface area contributed by atoms with Gasteiger partial charge in [-0.2, -0.15) is 0 Å². The Morgan fingerprint density at radius 3 is 2.73 bits per heavy atom. The highest BCUT2D eigenvalue weighted by Crippen LogP contribution is 2.35. The first-order valence-electron chi connectivity index (χ1n) is 3.89. The van der Waals surface area contributed by atoms with Crippen LogP contribution >= 0.6 is 0 Å². The molecular formula is C7H11NO3. The molecule has 62 valence electrons. The first-order valence-corrected chi connectivity index (χ1v) is 3.89. The molecule has 0 spiro atoms. The molecule has 0 bridgehead atoms. The molecule has 0 amide bonds. The van der Waals surface area contributed by atoms with Crippen molar-refractivity contribution in [2.75, 3.05) is 6.54 Å². The SMILES string of the molecule is O=C(O)C1CNC(C2CC2)O1. The van der Waals surface area contributed by atoms with E-state index in [0.717, 1.165) is 0 Å². The molecule has 2 aliphatic rings. The van der Waals surface area contributed by atoms with Gasteiger partial charge in [-0.3, -0.25) is 5.32 Å². The van der Waals surface area contributed by atoms with Crippen LogP contribution in [-0.4, -0.2) is 30.0 Å². The predicted octanol–water partition coefficient (Wildman–Crippen LogP) is -0.205. The number of hydrogen-bond donors (Lipinski definition) is 2. The third-order valence-corrected chi connectivity index (χ3v) is 2.14. The minimum absolute atomic E-state index is 0.0103. The molecule has 2 atom stereocenters. The summed E-state index contributed by atoms with van der Waals surface area (Å²) in [5.74, 6) is -0.292. The maximum atomic E-state index is 10.4. The zero-order valence-corrected chi connectivity index (χ0v) is 6.12. The van der Waals surface area contributed by atoms with E-state index in [4.69, 9.17) is 9.84 Å². The summed E-state index contributed by atoms with van der Waals surface area (Å²) in [5, 5.41) is 11.6. The van der Waals surface area contributed by atoms with E-state index < -0.39 is 12.1 Å². The van der Waals surface area contributed by atoms with Crippen LogP contribution in [0, 0.1) is 5.92 Å². The summed E-state index contributed by atoms with van der Waals surface area (Å²) in [6.45, 7) is 0.455. The normalized spacial score (nSPS) is 37.5. The molecule has 11 heavy (non-hydrogen) atoms. The summed E-state index contributed by atoms with van der Waals surface area (Å²) in [5.41, 5.74) is 0. The van der Waals surface area contributed by atoms with E-state index >= 15 is 0 Å². The van der Waals surface area contributed by atoms with Crippen LogP contribution in [0.3, 0.4) is 0 Å². The third-order valence-electron chi connectivity index (χ3n) is 2.14. The molecule has 2 unspecified atom stereocenters. The Morgan fingerprint density at radius 2 is 2.27 bits per heavy atom. The van der Waals surface area contributed by atoms with E-state index in [0.29, 0.717) is 12.5 Å². The number of nitrogens with one attached hydrogen (secondary N) is 1. The molecule has 2 fully saturated rings.